The number of amides is 1. The predicted octanol–water partition coefficient (Wildman–Crippen LogP) is 4.37. The van der Waals surface area contributed by atoms with Gasteiger partial charge < -0.3 is 10.4 Å². The number of carboxylic acid groups (broad SMARTS) is 1. The van der Waals surface area contributed by atoms with Crippen molar-refractivity contribution in [3.63, 3.8) is 0 Å². The number of carboxylic acids is 1. The van der Waals surface area contributed by atoms with Gasteiger partial charge >= 0.3 is 12.1 Å². The molecule has 0 aliphatic heterocycles. The minimum atomic E-state index is -4.66. The lowest BCUT2D eigenvalue weighted by molar-refractivity contribution is -0.144. The first-order valence-electron chi connectivity index (χ1n) is 8.93. The minimum Gasteiger partial charge on any atom is -0.480 e. The third-order valence-electron chi connectivity index (χ3n) is 4.37. The molecule has 0 aliphatic carbocycles. The highest BCUT2D eigenvalue weighted by Crippen LogP contribution is 2.32. The summed E-state index contributed by atoms with van der Waals surface area (Å²) in [5.41, 5.74) is -1.30. The minimum absolute atomic E-state index is 0.314. The number of hydrogen-bond acceptors (Lipinski definition) is 4. The Hall–Kier alpha value is -3.43. The Morgan fingerprint density at radius 2 is 1.83 bits per heavy atom. The number of aliphatic carboxylic acids is 1. The van der Waals surface area contributed by atoms with Crippen molar-refractivity contribution in [3.05, 3.63) is 54.0 Å². The summed E-state index contributed by atoms with van der Waals surface area (Å²) < 4.78 is 39.7. The van der Waals surface area contributed by atoms with Crippen LogP contribution in [0.1, 0.15) is 43.0 Å². The fourth-order valence-electron chi connectivity index (χ4n) is 3.05. The second kappa shape index (κ2) is 7.43. The molecule has 1 unspecified atom stereocenters. The molecule has 1 aromatic carbocycles. The molecule has 2 N–H and O–H groups in total. The van der Waals surface area contributed by atoms with E-state index in [0.29, 0.717) is 16.6 Å². The first-order chi connectivity index (χ1) is 13.9. The van der Waals surface area contributed by atoms with Gasteiger partial charge in [0.05, 0.1) is 5.52 Å². The van der Waals surface area contributed by atoms with Crippen molar-refractivity contribution in [2.75, 3.05) is 5.32 Å². The van der Waals surface area contributed by atoms with Crippen LogP contribution >= 0.6 is 0 Å². The average Bonchev–Trinajstić information content (AvgIpc) is 3.01. The average molecular weight is 420 g/mol. The lowest BCUT2D eigenvalue weighted by atomic mass is 9.87. The first-order valence-corrected chi connectivity index (χ1v) is 8.93. The number of rotatable bonds is 4. The zero-order chi connectivity index (χ0) is 22.3. The highest BCUT2D eigenvalue weighted by Gasteiger charge is 2.34. The van der Waals surface area contributed by atoms with Gasteiger partial charge in [-0.1, -0.05) is 26.8 Å². The van der Waals surface area contributed by atoms with Crippen LogP contribution in [0.3, 0.4) is 0 Å². The molecule has 0 radical (unpaired) electrons. The molecule has 2 aromatic heterocycles. The van der Waals surface area contributed by atoms with Crippen molar-refractivity contribution in [1.29, 1.82) is 0 Å². The van der Waals surface area contributed by atoms with Gasteiger partial charge in [0.1, 0.15) is 11.4 Å². The summed E-state index contributed by atoms with van der Waals surface area (Å²) in [6, 6.07) is 6.84. The molecule has 0 aliphatic rings. The Bertz CT molecular complexity index is 1120. The summed E-state index contributed by atoms with van der Waals surface area (Å²) in [6.07, 6.45) is -3.10. The number of halogens is 3. The van der Waals surface area contributed by atoms with Gasteiger partial charge in [-0.2, -0.15) is 18.3 Å². The van der Waals surface area contributed by atoms with E-state index in [1.54, 1.807) is 39.1 Å². The van der Waals surface area contributed by atoms with Gasteiger partial charge in [0, 0.05) is 17.3 Å². The summed E-state index contributed by atoms with van der Waals surface area (Å²) in [4.78, 5) is 27.4. The topological polar surface area (TPSA) is 97.1 Å². The van der Waals surface area contributed by atoms with Gasteiger partial charge in [0.2, 0.25) is 0 Å². The van der Waals surface area contributed by atoms with Gasteiger partial charge in [-0.05, 0) is 35.7 Å². The third-order valence-corrected chi connectivity index (χ3v) is 4.37. The van der Waals surface area contributed by atoms with Crippen molar-refractivity contribution in [2.24, 2.45) is 5.41 Å². The lowest BCUT2D eigenvalue weighted by Crippen LogP contribution is -2.31. The zero-order valence-electron chi connectivity index (χ0n) is 16.4. The molecule has 1 amide bonds. The van der Waals surface area contributed by atoms with Crippen LogP contribution in [0.25, 0.3) is 10.9 Å². The highest BCUT2D eigenvalue weighted by atomic mass is 19.4. The van der Waals surface area contributed by atoms with Gasteiger partial charge in [-0.25, -0.2) is 9.78 Å². The molecule has 0 saturated heterocycles. The monoisotopic (exact) mass is 420 g/mol. The molecular formula is C20H19F3N4O3. The van der Waals surface area contributed by atoms with E-state index in [2.05, 4.69) is 15.4 Å². The molecule has 0 bridgehead atoms. The van der Waals surface area contributed by atoms with Crippen molar-refractivity contribution < 1.29 is 27.9 Å². The maximum atomic E-state index is 12.8. The predicted molar refractivity (Wildman–Crippen MR) is 103 cm³/mol. The summed E-state index contributed by atoms with van der Waals surface area (Å²) >= 11 is 0. The Balaban J connectivity index is 1.88. The Morgan fingerprint density at radius 1 is 1.13 bits per heavy atom. The fourth-order valence-corrected chi connectivity index (χ4v) is 3.05. The van der Waals surface area contributed by atoms with E-state index >= 15 is 0 Å². The molecule has 10 heteroatoms. The molecule has 1 atom stereocenters. The second-order valence-electron chi connectivity index (χ2n) is 7.85. The van der Waals surface area contributed by atoms with E-state index in [1.165, 1.54) is 16.8 Å². The largest absolute Gasteiger partial charge is 0.480 e. The smallest absolute Gasteiger partial charge is 0.433 e. The number of anilines is 1. The van der Waals surface area contributed by atoms with Crippen molar-refractivity contribution >= 4 is 28.5 Å². The van der Waals surface area contributed by atoms with Crippen LogP contribution in [0.2, 0.25) is 0 Å². The summed E-state index contributed by atoms with van der Waals surface area (Å²) in [5.74, 6) is -1.83. The molecule has 3 rings (SSSR count). The fraction of sp³-hybridized carbons (Fsp3) is 0.300. The van der Waals surface area contributed by atoms with Crippen LogP contribution in [0, 0.1) is 5.41 Å². The quantitative estimate of drug-likeness (QED) is 0.653. The molecule has 0 saturated carbocycles. The Kier molecular flexibility index (Phi) is 5.27. The van der Waals surface area contributed by atoms with Crippen LogP contribution < -0.4 is 5.32 Å². The van der Waals surface area contributed by atoms with Crippen LogP contribution in [0.5, 0.6) is 0 Å². The van der Waals surface area contributed by atoms with Crippen LogP contribution in [-0.4, -0.2) is 31.7 Å². The molecule has 0 fully saturated rings. The molecule has 3 aromatic rings. The first kappa shape index (κ1) is 21.3. The SMILES string of the molecule is CC(C)(C)C(C(=O)O)n1cc2cc(NC(=O)c3cccc(C(F)(F)F)n3)ccc2n1. The van der Waals surface area contributed by atoms with Crippen LogP contribution in [0.15, 0.2) is 42.6 Å². The lowest BCUT2D eigenvalue weighted by Gasteiger charge is -2.26. The highest BCUT2D eigenvalue weighted by molar-refractivity contribution is 6.03. The van der Waals surface area contributed by atoms with E-state index in [9.17, 15) is 27.9 Å². The third kappa shape index (κ3) is 4.42. The maximum Gasteiger partial charge on any atom is 0.433 e. The standard InChI is InChI=1S/C20H19F3N4O3/c1-19(2,3)16(18(29)30)27-10-11-9-12(7-8-13(11)26-27)24-17(28)14-5-4-6-15(25-14)20(21,22)23/h4-10,16H,1-3H3,(H,24,28)(H,29,30). The molecule has 30 heavy (non-hydrogen) atoms. The van der Waals surface area contributed by atoms with Gasteiger partial charge in [0.25, 0.3) is 5.91 Å². The molecule has 0 spiro atoms. The zero-order valence-corrected chi connectivity index (χ0v) is 16.4. The number of benzene rings is 1. The molecule has 158 valence electrons. The van der Waals surface area contributed by atoms with E-state index in [-0.39, 0.29) is 5.69 Å². The van der Waals surface area contributed by atoms with Gasteiger partial charge in [-0.3, -0.25) is 9.48 Å². The van der Waals surface area contributed by atoms with Crippen LogP contribution in [-0.2, 0) is 11.0 Å². The second-order valence-corrected chi connectivity index (χ2v) is 7.85. The van der Waals surface area contributed by atoms with Crippen LogP contribution in [0.4, 0.5) is 18.9 Å². The number of nitrogens with zero attached hydrogens (tertiary/aromatic N) is 3. The van der Waals surface area contributed by atoms with E-state index < -0.39 is 35.2 Å². The number of nitrogens with one attached hydrogen (secondary N) is 1. The number of alkyl halides is 3. The Morgan fingerprint density at radius 3 is 2.43 bits per heavy atom. The van der Waals surface area contributed by atoms with E-state index in [0.717, 1.165) is 12.1 Å². The van der Waals surface area contributed by atoms with Gasteiger partial charge in [-0.15, -0.1) is 0 Å². The van der Waals surface area contributed by atoms with Crippen molar-refractivity contribution in [2.45, 2.75) is 33.0 Å². The molecule has 2 heterocycles. The summed E-state index contributed by atoms with van der Waals surface area (Å²) in [5, 5.41) is 16.9. The normalized spacial score (nSPS) is 13.3. The van der Waals surface area contributed by atoms with E-state index in [4.69, 9.17) is 0 Å². The summed E-state index contributed by atoms with van der Waals surface area (Å²) in [6.45, 7) is 5.35. The van der Waals surface area contributed by atoms with Gasteiger partial charge in [0.15, 0.2) is 6.04 Å². The Labute approximate surface area is 169 Å². The number of carbonyl (C=O) groups excluding carboxylic acids is 1. The van der Waals surface area contributed by atoms with Crippen molar-refractivity contribution in [1.82, 2.24) is 14.8 Å². The molecular weight excluding hydrogens is 401 g/mol. The van der Waals surface area contributed by atoms with E-state index in [1.807, 2.05) is 0 Å². The summed E-state index contributed by atoms with van der Waals surface area (Å²) in [7, 11) is 0. The number of pyridine rings is 1. The number of hydrogen-bond donors (Lipinski definition) is 2. The number of aromatic nitrogens is 3. The van der Waals surface area contributed by atoms with Crippen molar-refractivity contribution in [3.8, 4) is 0 Å². The molecule has 7 nitrogen and oxygen atoms in total. The number of carbonyl (C=O) groups is 2. The maximum absolute atomic E-state index is 12.8. The number of fused-ring (bicyclic) bond motifs is 1.